The maximum atomic E-state index is 11.7. The van der Waals surface area contributed by atoms with Crippen LogP contribution >= 0.6 is 0 Å². The Morgan fingerprint density at radius 3 is 2.61 bits per heavy atom. The SMILES string of the molecule is COC(=O)N1CCN(Cc2ccc(C3=CC=CC4CCN=C(NC(C)=O)C=C3C4)cc2)CC1. The predicted octanol–water partition coefficient (Wildman–Crippen LogP) is 3.39. The summed E-state index contributed by atoms with van der Waals surface area (Å²) in [5.74, 6) is 0.999. The molecule has 174 valence electrons. The van der Waals surface area contributed by atoms with E-state index in [0.29, 0.717) is 31.4 Å². The summed E-state index contributed by atoms with van der Waals surface area (Å²) in [6.07, 6.45) is 10.3. The summed E-state index contributed by atoms with van der Waals surface area (Å²) in [5.41, 5.74) is 4.78. The molecule has 1 N–H and O–H groups in total. The number of piperazine rings is 1. The zero-order chi connectivity index (χ0) is 23.2. The number of aliphatic imine (C=N–C) groups is 1. The van der Waals surface area contributed by atoms with E-state index in [-0.39, 0.29) is 12.0 Å². The molecule has 3 aliphatic rings. The van der Waals surface area contributed by atoms with Gasteiger partial charge in [-0.2, -0.15) is 0 Å². The highest BCUT2D eigenvalue weighted by molar-refractivity contribution is 6.05. The Labute approximate surface area is 195 Å². The Morgan fingerprint density at radius 2 is 1.91 bits per heavy atom. The molecule has 1 aromatic rings. The van der Waals surface area contributed by atoms with Gasteiger partial charge in [0.1, 0.15) is 5.84 Å². The van der Waals surface area contributed by atoms with Crippen molar-refractivity contribution in [1.82, 2.24) is 15.1 Å². The van der Waals surface area contributed by atoms with Crippen molar-refractivity contribution in [1.29, 1.82) is 0 Å². The van der Waals surface area contributed by atoms with Crippen LogP contribution in [0.1, 0.15) is 30.9 Å². The van der Waals surface area contributed by atoms with Crippen LogP contribution in [0.5, 0.6) is 0 Å². The Bertz CT molecular complexity index is 999. The quantitative estimate of drug-likeness (QED) is 0.769. The second-order valence-electron chi connectivity index (χ2n) is 8.77. The highest BCUT2D eigenvalue weighted by atomic mass is 16.5. The lowest BCUT2D eigenvalue weighted by Crippen LogP contribution is -2.48. The number of fused-ring (bicyclic) bond motifs is 2. The van der Waals surface area contributed by atoms with E-state index in [4.69, 9.17) is 4.74 Å². The first-order chi connectivity index (χ1) is 16.0. The van der Waals surface area contributed by atoms with Gasteiger partial charge in [-0.25, -0.2) is 4.79 Å². The summed E-state index contributed by atoms with van der Waals surface area (Å²) < 4.78 is 4.82. The molecule has 1 fully saturated rings. The zero-order valence-electron chi connectivity index (χ0n) is 19.4. The number of amides is 2. The van der Waals surface area contributed by atoms with Gasteiger partial charge in [-0.3, -0.25) is 14.7 Å². The van der Waals surface area contributed by atoms with Crippen LogP contribution in [0.4, 0.5) is 4.79 Å². The van der Waals surface area contributed by atoms with Gasteiger partial charge in [0, 0.05) is 46.2 Å². The Kier molecular flexibility index (Phi) is 7.40. The largest absolute Gasteiger partial charge is 0.453 e. The summed E-state index contributed by atoms with van der Waals surface area (Å²) in [5, 5.41) is 2.86. The zero-order valence-corrected chi connectivity index (χ0v) is 19.4. The number of hydrogen-bond acceptors (Lipinski definition) is 5. The molecule has 1 saturated heterocycles. The van der Waals surface area contributed by atoms with Crippen molar-refractivity contribution < 1.29 is 14.3 Å². The number of nitrogens with zero attached hydrogens (tertiary/aromatic N) is 3. The van der Waals surface area contributed by atoms with Crippen molar-refractivity contribution in [2.45, 2.75) is 26.3 Å². The third kappa shape index (κ3) is 5.99. The molecule has 1 aliphatic carbocycles. The molecule has 2 bridgehead atoms. The van der Waals surface area contributed by atoms with E-state index in [1.54, 1.807) is 4.90 Å². The Balaban J connectivity index is 1.46. The number of rotatable bonds is 3. The fourth-order valence-electron chi connectivity index (χ4n) is 4.58. The van der Waals surface area contributed by atoms with E-state index < -0.39 is 0 Å². The topological polar surface area (TPSA) is 74.2 Å². The molecule has 7 nitrogen and oxygen atoms in total. The minimum Gasteiger partial charge on any atom is -0.453 e. The maximum absolute atomic E-state index is 11.7. The summed E-state index contributed by atoms with van der Waals surface area (Å²) in [6.45, 7) is 6.15. The van der Waals surface area contributed by atoms with Crippen LogP contribution in [-0.4, -0.2) is 67.5 Å². The van der Waals surface area contributed by atoms with Crippen LogP contribution in [0.25, 0.3) is 5.57 Å². The normalized spacial score (nSPS) is 21.1. The van der Waals surface area contributed by atoms with Gasteiger partial charge in [0.15, 0.2) is 0 Å². The van der Waals surface area contributed by atoms with Crippen molar-refractivity contribution in [2.24, 2.45) is 10.9 Å². The van der Waals surface area contributed by atoms with Crippen LogP contribution in [0, 0.1) is 5.92 Å². The molecule has 0 spiro atoms. The van der Waals surface area contributed by atoms with Crippen LogP contribution in [0.2, 0.25) is 0 Å². The van der Waals surface area contributed by atoms with E-state index in [0.717, 1.165) is 38.0 Å². The molecule has 1 aromatic carbocycles. The minimum atomic E-state index is -0.248. The third-order valence-corrected chi connectivity index (χ3v) is 6.35. The first-order valence-electron chi connectivity index (χ1n) is 11.6. The summed E-state index contributed by atoms with van der Waals surface area (Å²) in [6, 6.07) is 8.71. The molecule has 1 unspecified atom stereocenters. The molecule has 1 atom stereocenters. The molecular weight excluding hydrogens is 416 g/mol. The minimum absolute atomic E-state index is 0.100. The van der Waals surface area contributed by atoms with Gasteiger partial charge in [0.25, 0.3) is 0 Å². The molecule has 4 rings (SSSR count). The van der Waals surface area contributed by atoms with Crippen LogP contribution in [0.3, 0.4) is 0 Å². The maximum Gasteiger partial charge on any atom is 0.409 e. The third-order valence-electron chi connectivity index (χ3n) is 6.35. The number of allylic oxidation sites excluding steroid dienone is 5. The molecule has 2 amide bonds. The van der Waals surface area contributed by atoms with E-state index >= 15 is 0 Å². The van der Waals surface area contributed by atoms with Gasteiger partial charge in [0.05, 0.1) is 7.11 Å². The Hall–Kier alpha value is -3.19. The van der Waals surface area contributed by atoms with E-state index in [1.165, 1.54) is 30.7 Å². The van der Waals surface area contributed by atoms with Gasteiger partial charge < -0.3 is 15.0 Å². The van der Waals surface area contributed by atoms with Crippen molar-refractivity contribution in [3.63, 3.8) is 0 Å². The molecule has 0 aromatic heterocycles. The van der Waals surface area contributed by atoms with E-state index in [9.17, 15) is 9.59 Å². The van der Waals surface area contributed by atoms with Crippen LogP contribution in [-0.2, 0) is 16.1 Å². The molecule has 0 radical (unpaired) electrons. The molecule has 2 heterocycles. The standard InChI is InChI=1S/C26H32N4O3/c1-19(31)28-25-17-23-16-20(10-11-27-25)4-3-5-24(23)22-8-6-21(7-9-22)18-29-12-14-30(15-13-29)26(32)33-2/h3-9,17,20H,10-16,18H2,1-2H3,(H,27,28,31). The molecular formula is C26H32N4O3. The number of carbonyl (C=O) groups excluding carboxylic acids is 2. The van der Waals surface area contributed by atoms with E-state index in [2.05, 4.69) is 57.7 Å². The van der Waals surface area contributed by atoms with Crippen LogP contribution < -0.4 is 5.32 Å². The second kappa shape index (κ2) is 10.6. The predicted molar refractivity (Wildman–Crippen MR) is 130 cm³/mol. The molecule has 0 saturated carbocycles. The summed E-state index contributed by atoms with van der Waals surface area (Å²) in [4.78, 5) is 32.0. The van der Waals surface area contributed by atoms with E-state index in [1.807, 2.05) is 6.08 Å². The summed E-state index contributed by atoms with van der Waals surface area (Å²) in [7, 11) is 1.43. The van der Waals surface area contributed by atoms with Crippen molar-refractivity contribution >= 4 is 23.4 Å². The molecule has 33 heavy (non-hydrogen) atoms. The number of amidine groups is 1. The van der Waals surface area contributed by atoms with Gasteiger partial charge in [0.2, 0.25) is 5.91 Å². The molecule has 2 aliphatic heterocycles. The number of carbonyl (C=O) groups is 2. The summed E-state index contributed by atoms with van der Waals surface area (Å²) >= 11 is 0. The van der Waals surface area contributed by atoms with Crippen LogP contribution in [0.15, 0.2) is 59.1 Å². The lowest BCUT2D eigenvalue weighted by Gasteiger charge is -2.33. The van der Waals surface area contributed by atoms with Crippen molar-refractivity contribution in [3.8, 4) is 0 Å². The fourth-order valence-corrected chi connectivity index (χ4v) is 4.58. The second-order valence-corrected chi connectivity index (χ2v) is 8.77. The smallest absolute Gasteiger partial charge is 0.409 e. The van der Waals surface area contributed by atoms with Gasteiger partial charge in [-0.05, 0) is 47.1 Å². The highest BCUT2D eigenvalue weighted by Gasteiger charge is 2.22. The number of nitrogens with one attached hydrogen (secondary N) is 1. The lowest BCUT2D eigenvalue weighted by atomic mass is 9.89. The first-order valence-corrected chi connectivity index (χ1v) is 11.6. The number of benzene rings is 1. The first kappa shape index (κ1) is 23.0. The fraction of sp³-hybridized carbons (Fsp3) is 0.423. The van der Waals surface area contributed by atoms with Gasteiger partial charge in [-0.15, -0.1) is 0 Å². The average Bonchev–Trinajstić information content (AvgIpc) is 3.01. The van der Waals surface area contributed by atoms with Gasteiger partial charge >= 0.3 is 6.09 Å². The number of ether oxygens (including phenoxy) is 1. The number of methoxy groups -OCH3 is 1. The Morgan fingerprint density at radius 1 is 1.15 bits per heavy atom. The number of hydrogen-bond donors (Lipinski definition) is 1. The monoisotopic (exact) mass is 448 g/mol. The molecule has 7 heteroatoms. The average molecular weight is 449 g/mol. The highest BCUT2D eigenvalue weighted by Crippen LogP contribution is 2.33. The van der Waals surface area contributed by atoms with Crippen molar-refractivity contribution in [2.75, 3.05) is 39.8 Å². The van der Waals surface area contributed by atoms with Crippen molar-refractivity contribution in [3.05, 3.63) is 65.3 Å². The van der Waals surface area contributed by atoms with Gasteiger partial charge in [-0.1, -0.05) is 42.5 Å². The lowest BCUT2D eigenvalue weighted by molar-refractivity contribution is -0.117.